The zero-order valence-electron chi connectivity index (χ0n) is 15.6. The molecule has 0 spiro atoms. The largest absolute Gasteiger partial charge is 0.385 e. The van der Waals surface area contributed by atoms with Gasteiger partial charge in [0.2, 0.25) is 5.91 Å². The summed E-state index contributed by atoms with van der Waals surface area (Å²) in [6.45, 7) is 3.43. The molecule has 26 heavy (non-hydrogen) atoms. The lowest BCUT2D eigenvalue weighted by Gasteiger charge is -2.47. The third-order valence-corrected chi connectivity index (χ3v) is 6.38. The molecule has 2 amide bonds. The van der Waals surface area contributed by atoms with Crippen LogP contribution in [0.2, 0.25) is 0 Å². The molecular weight excluding hydrogens is 352 g/mol. The first kappa shape index (κ1) is 19.3. The summed E-state index contributed by atoms with van der Waals surface area (Å²) in [7, 11) is 3.35. The Hall–Kier alpha value is -1.44. The van der Waals surface area contributed by atoms with E-state index in [9.17, 15) is 9.59 Å². The number of piperidine rings is 2. The lowest BCUT2D eigenvalue weighted by atomic mass is 9.83. The first-order valence-corrected chi connectivity index (χ1v) is 10.1. The SMILES string of the molecule is COCCCN1C(=O)CC[C@H]2CN(C(=O)c3ccc(COC)s3)CC[C@H]21. The highest BCUT2D eigenvalue weighted by molar-refractivity contribution is 7.14. The van der Waals surface area contributed by atoms with E-state index in [0.717, 1.165) is 42.1 Å². The van der Waals surface area contributed by atoms with E-state index in [1.165, 1.54) is 11.3 Å². The minimum Gasteiger partial charge on any atom is -0.385 e. The molecule has 1 aromatic rings. The highest BCUT2D eigenvalue weighted by Gasteiger charge is 2.40. The van der Waals surface area contributed by atoms with Crippen LogP contribution in [0.1, 0.15) is 40.2 Å². The Bertz CT molecular complexity index is 633. The smallest absolute Gasteiger partial charge is 0.263 e. The Morgan fingerprint density at radius 2 is 2.12 bits per heavy atom. The van der Waals surface area contributed by atoms with Crippen molar-refractivity contribution in [2.24, 2.45) is 5.92 Å². The minimum absolute atomic E-state index is 0.110. The summed E-state index contributed by atoms with van der Waals surface area (Å²) >= 11 is 1.51. The molecule has 0 unspecified atom stereocenters. The predicted octanol–water partition coefficient (Wildman–Crippen LogP) is 2.38. The summed E-state index contributed by atoms with van der Waals surface area (Å²) in [5.74, 6) is 0.745. The standard InChI is InChI=1S/C19H28N2O4S/c1-24-11-3-9-21-16-8-10-20(12-14(16)4-7-18(21)22)19(23)17-6-5-15(26-17)13-25-2/h5-6,14,16H,3-4,7-13H2,1-2H3/t14-,16+/m0/s1. The van der Waals surface area contributed by atoms with E-state index < -0.39 is 0 Å². The molecule has 144 valence electrons. The number of thiophene rings is 1. The van der Waals surface area contributed by atoms with Crippen LogP contribution in [0.15, 0.2) is 12.1 Å². The molecule has 2 atom stereocenters. The number of hydrogen-bond donors (Lipinski definition) is 0. The number of fused-ring (bicyclic) bond motifs is 1. The summed E-state index contributed by atoms with van der Waals surface area (Å²) in [5.41, 5.74) is 0. The molecule has 7 heteroatoms. The zero-order valence-corrected chi connectivity index (χ0v) is 16.4. The molecule has 0 N–H and O–H groups in total. The second kappa shape index (κ2) is 8.97. The van der Waals surface area contributed by atoms with Gasteiger partial charge in [0.25, 0.3) is 5.91 Å². The molecule has 1 aromatic heterocycles. The van der Waals surface area contributed by atoms with Crippen LogP contribution in [0.4, 0.5) is 0 Å². The molecule has 0 radical (unpaired) electrons. The quantitative estimate of drug-likeness (QED) is 0.682. The van der Waals surface area contributed by atoms with Gasteiger partial charge in [-0.25, -0.2) is 0 Å². The number of rotatable bonds is 7. The molecule has 3 heterocycles. The van der Waals surface area contributed by atoms with Crippen molar-refractivity contribution >= 4 is 23.2 Å². The van der Waals surface area contributed by atoms with Crippen LogP contribution in [-0.2, 0) is 20.9 Å². The second-order valence-corrected chi connectivity index (χ2v) is 8.21. The maximum absolute atomic E-state index is 12.8. The van der Waals surface area contributed by atoms with Crippen LogP contribution in [0.5, 0.6) is 0 Å². The van der Waals surface area contributed by atoms with Crippen molar-refractivity contribution in [2.75, 3.05) is 40.5 Å². The second-order valence-electron chi connectivity index (χ2n) is 7.04. The van der Waals surface area contributed by atoms with Gasteiger partial charge >= 0.3 is 0 Å². The van der Waals surface area contributed by atoms with Gasteiger partial charge in [-0.05, 0) is 37.3 Å². The fraction of sp³-hybridized carbons (Fsp3) is 0.684. The van der Waals surface area contributed by atoms with Crippen molar-refractivity contribution < 1.29 is 19.1 Å². The average Bonchev–Trinajstić information content (AvgIpc) is 3.11. The molecule has 0 bridgehead atoms. The van der Waals surface area contributed by atoms with Gasteiger partial charge in [0.15, 0.2) is 0 Å². The summed E-state index contributed by atoms with van der Waals surface area (Å²) in [5, 5.41) is 0. The Kier molecular flexibility index (Phi) is 6.67. The van der Waals surface area contributed by atoms with Gasteiger partial charge in [-0.2, -0.15) is 0 Å². The first-order valence-electron chi connectivity index (χ1n) is 9.29. The number of carbonyl (C=O) groups is 2. The van der Waals surface area contributed by atoms with Gasteiger partial charge in [-0.15, -0.1) is 11.3 Å². The molecular formula is C19H28N2O4S. The van der Waals surface area contributed by atoms with Crippen LogP contribution in [0.3, 0.4) is 0 Å². The summed E-state index contributed by atoms with van der Waals surface area (Å²) in [6, 6.07) is 4.13. The van der Waals surface area contributed by atoms with Crippen LogP contribution in [0, 0.1) is 5.92 Å². The Labute approximate surface area is 159 Å². The number of carbonyl (C=O) groups excluding carboxylic acids is 2. The number of hydrogen-bond acceptors (Lipinski definition) is 5. The van der Waals surface area contributed by atoms with Crippen LogP contribution < -0.4 is 0 Å². The number of ether oxygens (including phenoxy) is 2. The van der Waals surface area contributed by atoms with Gasteiger partial charge in [0.1, 0.15) is 0 Å². The van der Waals surface area contributed by atoms with E-state index in [1.807, 2.05) is 21.9 Å². The van der Waals surface area contributed by atoms with Crippen molar-refractivity contribution in [2.45, 2.75) is 38.3 Å². The van der Waals surface area contributed by atoms with E-state index in [1.54, 1.807) is 14.2 Å². The van der Waals surface area contributed by atoms with Crippen LogP contribution >= 0.6 is 11.3 Å². The summed E-state index contributed by atoms with van der Waals surface area (Å²) in [4.78, 5) is 31.0. The maximum Gasteiger partial charge on any atom is 0.263 e. The Morgan fingerprint density at radius 1 is 1.27 bits per heavy atom. The van der Waals surface area contributed by atoms with Crippen molar-refractivity contribution in [3.63, 3.8) is 0 Å². The lowest BCUT2D eigenvalue weighted by molar-refractivity contribution is -0.140. The van der Waals surface area contributed by atoms with E-state index in [-0.39, 0.29) is 17.9 Å². The monoisotopic (exact) mass is 380 g/mol. The van der Waals surface area contributed by atoms with E-state index in [4.69, 9.17) is 9.47 Å². The molecule has 0 aromatic carbocycles. The van der Waals surface area contributed by atoms with E-state index in [0.29, 0.717) is 32.1 Å². The highest BCUT2D eigenvalue weighted by Crippen LogP contribution is 2.32. The number of methoxy groups -OCH3 is 2. The maximum atomic E-state index is 12.8. The lowest BCUT2D eigenvalue weighted by Crippen LogP contribution is -2.57. The van der Waals surface area contributed by atoms with Gasteiger partial charge in [-0.1, -0.05) is 0 Å². The normalized spacial score (nSPS) is 23.2. The number of amides is 2. The van der Waals surface area contributed by atoms with Crippen molar-refractivity contribution in [1.29, 1.82) is 0 Å². The molecule has 2 saturated heterocycles. The van der Waals surface area contributed by atoms with Crippen LogP contribution in [0.25, 0.3) is 0 Å². The zero-order chi connectivity index (χ0) is 18.5. The molecule has 0 aliphatic carbocycles. The average molecular weight is 381 g/mol. The minimum atomic E-state index is 0.110. The van der Waals surface area contributed by atoms with Gasteiger partial charge < -0.3 is 19.3 Å². The third-order valence-electron chi connectivity index (χ3n) is 5.34. The first-order chi connectivity index (χ1) is 12.6. The van der Waals surface area contributed by atoms with Gasteiger partial charge in [0, 0.05) is 57.8 Å². The molecule has 3 rings (SSSR count). The Balaban J connectivity index is 1.61. The van der Waals surface area contributed by atoms with Crippen molar-refractivity contribution in [3.8, 4) is 0 Å². The molecule has 2 fully saturated rings. The summed E-state index contributed by atoms with van der Waals surface area (Å²) < 4.78 is 10.3. The predicted molar refractivity (Wildman–Crippen MR) is 100 cm³/mol. The van der Waals surface area contributed by atoms with Gasteiger partial charge in [0.05, 0.1) is 11.5 Å². The van der Waals surface area contributed by atoms with Crippen LogP contribution in [-0.4, -0.2) is 68.1 Å². The molecule has 2 aliphatic rings. The number of nitrogens with zero attached hydrogens (tertiary/aromatic N) is 2. The summed E-state index contributed by atoms with van der Waals surface area (Å²) in [6.07, 6.45) is 3.21. The van der Waals surface area contributed by atoms with E-state index in [2.05, 4.69) is 0 Å². The fourth-order valence-corrected chi connectivity index (χ4v) is 5.02. The third kappa shape index (κ3) is 4.27. The van der Waals surface area contributed by atoms with Crippen molar-refractivity contribution in [3.05, 3.63) is 21.9 Å². The van der Waals surface area contributed by atoms with E-state index >= 15 is 0 Å². The molecule has 6 nitrogen and oxygen atoms in total. The molecule has 2 aliphatic heterocycles. The fourth-order valence-electron chi connectivity index (χ4n) is 4.07. The highest BCUT2D eigenvalue weighted by atomic mass is 32.1. The Morgan fingerprint density at radius 3 is 2.88 bits per heavy atom. The van der Waals surface area contributed by atoms with Gasteiger partial charge in [-0.3, -0.25) is 9.59 Å². The topological polar surface area (TPSA) is 59.1 Å². The van der Waals surface area contributed by atoms with Crippen molar-refractivity contribution in [1.82, 2.24) is 9.80 Å². The number of likely N-dealkylation sites (tertiary alicyclic amines) is 2. The molecule has 0 saturated carbocycles.